The molecule has 0 aromatic heterocycles. The van der Waals surface area contributed by atoms with Crippen LogP contribution < -0.4 is 21.7 Å². The fourth-order valence-corrected chi connectivity index (χ4v) is 7.24. The molecule has 1 saturated heterocycles. The molecule has 2 aliphatic carbocycles. The summed E-state index contributed by atoms with van der Waals surface area (Å²) >= 11 is 0. The van der Waals surface area contributed by atoms with E-state index < -0.39 is 74.7 Å². The molecule has 3 fully saturated rings. The number of primary amides is 1. The Morgan fingerprint density at radius 1 is 0.933 bits per heavy atom. The summed E-state index contributed by atoms with van der Waals surface area (Å²) in [4.78, 5) is 67.2. The number of hydrogen-bond acceptors (Lipinski definition) is 7. The minimum absolute atomic E-state index is 0.00936. The van der Waals surface area contributed by atoms with Crippen molar-refractivity contribution >= 4 is 39.7 Å². The molecule has 1 aliphatic heterocycles. The summed E-state index contributed by atoms with van der Waals surface area (Å²) in [5, 5.41) is 8.43. The lowest BCUT2D eigenvalue weighted by Crippen LogP contribution is -2.63. The smallest absolute Gasteiger partial charge is 0.315 e. The molecule has 45 heavy (non-hydrogen) atoms. The van der Waals surface area contributed by atoms with Gasteiger partial charge in [-0.2, -0.15) is 17.0 Å². The maximum atomic E-state index is 14.2. The van der Waals surface area contributed by atoms with Gasteiger partial charge in [-0.05, 0) is 46.8 Å². The normalized spacial score (nSPS) is 24.8. The number of nitrogens with two attached hydrogens (primary N) is 1. The van der Waals surface area contributed by atoms with Gasteiger partial charge in [-0.15, -0.1) is 0 Å². The van der Waals surface area contributed by atoms with Crippen molar-refractivity contribution in [2.45, 2.75) is 92.4 Å². The molecule has 1 unspecified atom stereocenters. The molecule has 1 heterocycles. The van der Waals surface area contributed by atoms with E-state index >= 15 is 0 Å². The quantitative estimate of drug-likeness (QED) is 0.217. The van der Waals surface area contributed by atoms with Gasteiger partial charge in [0, 0.05) is 40.3 Å². The number of hydrogen-bond donors (Lipinski definition) is 4. The lowest BCUT2D eigenvalue weighted by atomic mass is 9.85. The van der Waals surface area contributed by atoms with Crippen LogP contribution in [0.2, 0.25) is 0 Å². The molecule has 0 aromatic carbocycles. The van der Waals surface area contributed by atoms with Gasteiger partial charge in [0.15, 0.2) is 0 Å². The second-order valence-corrected chi connectivity index (χ2v) is 18.1. The summed E-state index contributed by atoms with van der Waals surface area (Å²) in [6.07, 6.45) is 1.37. The van der Waals surface area contributed by atoms with Crippen molar-refractivity contribution in [2.75, 3.05) is 34.2 Å². The topological polar surface area (TPSA) is 191 Å². The Morgan fingerprint density at radius 2 is 1.49 bits per heavy atom. The van der Waals surface area contributed by atoms with Gasteiger partial charge in [0.1, 0.15) is 18.1 Å². The predicted octanol–water partition coefficient (Wildman–Crippen LogP) is 0.285. The predicted molar refractivity (Wildman–Crippen MR) is 169 cm³/mol. The number of piperidine rings is 1. The summed E-state index contributed by atoms with van der Waals surface area (Å²) in [6.45, 7) is 15.4. The first kappa shape index (κ1) is 36.7. The Kier molecular flexibility index (Phi) is 10.1. The first-order valence-corrected chi connectivity index (χ1v) is 16.9. The van der Waals surface area contributed by atoms with E-state index in [2.05, 4.69) is 16.0 Å². The average Bonchev–Trinajstić information content (AvgIpc) is 3.76. The Balaban J connectivity index is 1.83. The number of Topliss-reactive ketones (excluding diaryl/α,β-unsaturated/α-hetero) is 1. The van der Waals surface area contributed by atoms with Crippen molar-refractivity contribution in [3.8, 4) is 0 Å². The van der Waals surface area contributed by atoms with Gasteiger partial charge in [0.25, 0.3) is 16.1 Å². The summed E-state index contributed by atoms with van der Waals surface area (Å²) < 4.78 is 27.6. The molecule has 6 atom stereocenters. The van der Waals surface area contributed by atoms with E-state index in [4.69, 9.17) is 5.73 Å². The van der Waals surface area contributed by atoms with Crippen molar-refractivity contribution in [2.24, 2.45) is 39.7 Å². The van der Waals surface area contributed by atoms with Crippen molar-refractivity contribution in [1.82, 2.24) is 29.5 Å². The second-order valence-electron chi connectivity index (χ2n) is 15.8. The number of carbonyl (C=O) groups excluding carboxylic acids is 5. The van der Waals surface area contributed by atoms with Crippen LogP contribution in [0.15, 0.2) is 0 Å². The zero-order valence-electron chi connectivity index (χ0n) is 28.6. The lowest BCUT2D eigenvalue weighted by molar-refractivity contribution is -0.145. The van der Waals surface area contributed by atoms with E-state index in [1.54, 1.807) is 20.8 Å². The molecule has 15 heteroatoms. The monoisotopic (exact) mass is 655 g/mol. The van der Waals surface area contributed by atoms with Gasteiger partial charge in [0.05, 0.1) is 0 Å². The van der Waals surface area contributed by atoms with Crippen LogP contribution >= 0.6 is 0 Å². The number of ketones is 1. The number of likely N-dealkylation sites (tertiary alicyclic amines) is 1. The van der Waals surface area contributed by atoms with E-state index in [0.29, 0.717) is 19.4 Å². The third-order valence-electron chi connectivity index (χ3n) is 9.71. The lowest BCUT2D eigenvalue weighted by Gasteiger charge is -2.39. The van der Waals surface area contributed by atoms with E-state index in [1.807, 2.05) is 34.6 Å². The van der Waals surface area contributed by atoms with E-state index in [9.17, 15) is 32.4 Å². The number of rotatable bonds is 12. The first-order valence-electron chi connectivity index (χ1n) is 15.5. The number of amides is 5. The molecule has 2 saturated carbocycles. The highest BCUT2D eigenvalue weighted by Crippen LogP contribution is 2.65. The molecule has 14 nitrogen and oxygen atoms in total. The molecule has 5 N–H and O–H groups in total. The third kappa shape index (κ3) is 7.79. The number of carbonyl (C=O) groups is 5. The molecule has 0 aromatic rings. The highest BCUT2D eigenvalue weighted by Gasteiger charge is 2.70. The summed E-state index contributed by atoms with van der Waals surface area (Å²) in [5.74, 6) is -3.18. The van der Waals surface area contributed by atoms with Crippen LogP contribution in [0, 0.1) is 34.0 Å². The van der Waals surface area contributed by atoms with Gasteiger partial charge in [-0.25, -0.2) is 4.79 Å². The maximum absolute atomic E-state index is 14.2. The molecule has 0 radical (unpaired) electrons. The molecule has 5 amide bonds. The van der Waals surface area contributed by atoms with Crippen LogP contribution in [0.25, 0.3) is 0 Å². The summed E-state index contributed by atoms with van der Waals surface area (Å²) in [5.41, 5.74) is 3.74. The molecule has 256 valence electrons. The Hall–Kier alpha value is -2.78. The van der Waals surface area contributed by atoms with Gasteiger partial charge in [-0.1, -0.05) is 55.4 Å². The summed E-state index contributed by atoms with van der Waals surface area (Å²) in [6, 6.07) is -4.22. The van der Waals surface area contributed by atoms with Crippen LogP contribution in [-0.2, 0) is 29.4 Å². The van der Waals surface area contributed by atoms with E-state index in [1.165, 1.54) is 26.0 Å². The largest absolute Gasteiger partial charge is 0.363 e. The minimum Gasteiger partial charge on any atom is -0.363 e. The van der Waals surface area contributed by atoms with Gasteiger partial charge >= 0.3 is 6.03 Å². The number of nitrogens with one attached hydrogen (secondary N) is 3. The highest BCUT2D eigenvalue weighted by molar-refractivity contribution is 7.86. The summed E-state index contributed by atoms with van der Waals surface area (Å²) in [7, 11) is 0.555. The zero-order valence-corrected chi connectivity index (χ0v) is 29.4. The number of urea groups is 1. The van der Waals surface area contributed by atoms with Crippen LogP contribution in [0.4, 0.5) is 4.79 Å². The van der Waals surface area contributed by atoms with Crippen molar-refractivity contribution in [3.05, 3.63) is 0 Å². The number of likely N-dealkylation sites (N-methyl/N-ethyl adjacent to an activating group) is 1. The van der Waals surface area contributed by atoms with E-state index in [-0.39, 0.29) is 29.7 Å². The van der Waals surface area contributed by atoms with Gasteiger partial charge < -0.3 is 26.6 Å². The Morgan fingerprint density at radius 3 is 1.93 bits per heavy atom. The third-order valence-corrected chi connectivity index (χ3v) is 11.6. The first-order chi connectivity index (χ1) is 20.3. The van der Waals surface area contributed by atoms with Gasteiger partial charge in [0.2, 0.25) is 17.6 Å². The van der Waals surface area contributed by atoms with Crippen molar-refractivity contribution in [1.29, 1.82) is 0 Å². The Bertz CT molecular complexity index is 1310. The van der Waals surface area contributed by atoms with Gasteiger partial charge in [-0.3, -0.25) is 19.2 Å². The Labute approximate surface area is 267 Å². The SMILES string of the molecule is CN(C)S(=O)(=O)N(C)C[C@@H](NC(=O)N[C@H](C(=O)N1C[C@H]2[C@@H]([C@H]1C(=O)NC(C(=O)C(N)=O)C1CC1)C2(C)C)C(C)(C)C)C(C)(C)C. The number of fused-ring (bicyclic) bond motifs is 1. The van der Waals surface area contributed by atoms with Crippen molar-refractivity contribution < 1.29 is 32.4 Å². The van der Waals surface area contributed by atoms with Crippen molar-refractivity contribution in [3.63, 3.8) is 0 Å². The molecule has 0 spiro atoms. The number of nitrogens with zero attached hydrogens (tertiary/aromatic N) is 3. The average molecular weight is 656 g/mol. The molecule has 0 bridgehead atoms. The zero-order chi connectivity index (χ0) is 34.6. The van der Waals surface area contributed by atoms with Crippen LogP contribution in [0.3, 0.4) is 0 Å². The fourth-order valence-electron chi connectivity index (χ4n) is 6.34. The molecular formula is C30H53N7O7S. The standard InChI is InChI=1S/C30H53N7O7S/c1-28(2,3)18(15-36(11)45(43,44)35(9)10)32-27(42)34-23(29(4,5)6)26(41)37-14-17-19(30(17,7)8)21(37)25(40)33-20(16-12-13-16)22(38)24(31)39/h16-21,23H,12-15H2,1-11H3,(H2,31,39)(H,33,40)(H2,32,34,42)/t17-,18+,19-,20?,21-,23+/m0/s1. The van der Waals surface area contributed by atoms with Crippen LogP contribution in [0.1, 0.15) is 68.2 Å². The van der Waals surface area contributed by atoms with E-state index in [0.717, 1.165) is 8.61 Å². The van der Waals surface area contributed by atoms with Crippen LogP contribution in [0.5, 0.6) is 0 Å². The second kappa shape index (κ2) is 12.4. The maximum Gasteiger partial charge on any atom is 0.315 e. The molecule has 3 aliphatic rings. The minimum atomic E-state index is -3.73. The highest BCUT2D eigenvalue weighted by atomic mass is 32.2. The molecule has 3 rings (SSSR count). The van der Waals surface area contributed by atoms with Crippen LogP contribution in [-0.4, -0.2) is 110 Å². The molecular weight excluding hydrogens is 602 g/mol. The fraction of sp³-hybridized carbons (Fsp3) is 0.833.